The van der Waals surface area contributed by atoms with Crippen LogP contribution in [0.25, 0.3) is 0 Å². The van der Waals surface area contributed by atoms with Gasteiger partial charge in [0.05, 0.1) is 12.2 Å². The van der Waals surface area contributed by atoms with Gasteiger partial charge in [0.15, 0.2) is 0 Å². The van der Waals surface area contributed by atoms with E-state index in [4.69, 9.17) is 9.47 Å². The third-order valence-corrected chi connectivity index (χ3v) is 3.04. The largest absolute Gasteiger partial charge is 0.446 e. The van der Waals surface area contributed by atoms with Gasteiger partial charge in [0.1, 0.15) is 11.9 Å². The second-order valence-electron chi connectivity index (χ2n) is 4.98. The van der Waals surface area contributed by atoms with Crippen molar-refractivity contribution in [2.24, 2.45) is 0 Å². The maximum atomic E-state index is 11.9. The van der Waals surface area contributed by atoms with E-state index in [-0.39, 0.29) is 23.6 Å². The molecule has 0 bridgehead atoms. The Labute approximate surface area is 111 Å². The van der Waals surface area contributed by atoms with Gasteiger partial charge in [0.2, 0.25) is 0 Å². The van der Waals surface area contributed by atoms with E-state index >= 15 is 0 Å². The van der Waals surface area contributed by atoms with Gasteiger partial charge in [-0.1, -0.05) is 18.2 Å². The maximum Gasteiger partial charge on any atom is 0.407 e. The van der Waals surface area contributed by atoms with Gasteiger partial charge in [0.25, 0.3) is 0 Å². The number of benzene rings is 1. The molecule has 5 heteroatoms. The summed E-state index contributed by atoms with van der Waals surface area (Å²) < 4.78 is 22.2. The Morgan fingerprint density at radius 1 is 1.42 bits per heavy atom. The Morgan fingerprint density at radius 2 is 2.11 bits per heavy atom. The third kappa shape index (κ3) is 4.87. The number of alkyl carbamates (subject to hydrolysis) is 1. The zero-order valence-electron chi connectivity index (χ0n) is 10.9. The molecule has 19 heavy (non-hydrogen) atoms. The second-order valence-corrected chi connectivity index (χ2v) is 4.98. The molecule has 2 saturated heterocycles. The van der Waals surface area contributed by atoms with Crippen LogP contribution >= 0.6 is 0 Å². The molecule has 2 fully saturated rings. The number of hydrogen-bond donors (Lipinski definition) is 1. The van der Waals surface area contributed by atoms with Crippen molar-refractivity contribution in [1.82, 2.24) is 5.32 Å². The summed E-state index contributed by atoms with van der Waals surface area (Å²) >= 11 is 0. The average molecular weight is 267 g/mol. The first kappa shape index (κ1) is 13.8. The molecule has 0 spiro atoms. The maximum absolute atomic E-state index is 11.9. The van der Waals surface area contributed by atoms with Crippen molar-refractivity contribution in [2.75, 3.05) is 13.2 Å². The molecule has 0 saturated carbocycles. The fourth-order valence-electron chi connectivity index (χ4n) is 1.87. The van der Waals surface area contributed by atoms with Gasteiger partial charge in [-0.3, -0.25) is 0 Å². The van der Waals surface area contributed by atoms with Crippen LogP contribution in [-0.2, 0) is 9.47 Å². The van der Waals surface area contributed by atoms with E-state index in [1.807, 2.05) is 6.92 Å². The van der Waals surface area contributed by atoms with E-state index in [1.54, 1.807) is 18.2 Å². The van der Waals surface area contributed by atoms with E-state index in [9.17, 15) is 9.18 Å². The summed E-state index contributed by atoms with van der Waals surface area (Å²) in [7, 11) is 0. The van der Waals surface area contributed by atoms with Gasteiger partial charge in [-0.05, 0) is 19.1 Å². The number of ether oxygens (including phenoxy) is 2. The highest BCUT2D eigenvalue weighted by atomic mass is 19.1. The topological polar surface area (TPSA) is 50.9 Å². The lowest BCUT2D eigenvalue weighted by Gasteiger charge is -2.24. The van der Waals surface area contributed by atoms with Crippen molar-refractivity contribution < 1.29 is 18.7 Å². The summed E-state index contributed by atoms with van der Waals surface area (Å²) in [5, 5.41) is 2.62. The van der Waals surface area contributed by atoms with Crippen LogP contribution in [0.5, 0.6) is 0 Å². The Bertz CT molecular complexity index is 420. The molecule has 1 amide bonds. The molecule has 4 nitrogen and oxygen atoms in total. The van der Waals surface area contributed by atoms with Crippen molar-refractivity contribution in [3.05, 3.63) is 36.1 Å². The van der Waals surface area contributed by atoms with Gasteiger partial charge in [-0.25, -0.2) is 9.18 Å². The quantitative estimate of drug-likeness (QED) is 0.837. The molecule has 0 radical (unpaired) electrons. The van der Waals surface area contributed by atoms with Crippen LogP contribution in [0.15, 0.2) is 30.3 Å². The highest BCUT2D eigenvalue weighted by Gasteiger charge is 2.42. The van der Waals surface area contributed by atoms with Crippen LogP contribution in [0.1, 0.15) is 19.8 Å². The van der Waals surface area contributed by atoms with Crippen LogP contribution in [0.3, 0.4) is 0 Å². The fraction of sp³-hybridized carbons (Fsp3) is 0.500. The molecule has 2 aliphatic heterocycles. The predicted octanol–water partition coefficient (Wildman–Crippen LogP) is 2.49. The minimum absolute atomic E-state index is 0.0116. The molecule has 1 N–H and O–H groups in total. The number of carbonyl (C=O) groups is 1. The summed E-state index contributed by atoms with van der Waals surface area (Å²) in [6.07, 6.45) is 1.48. The molecule has 0 aromatic heterocycles. The van der Waals surface area contributed by atoms with Crippen molar-refractivity contribution >= 4 is 6.09 Å². The molecule has 104 valence electrons. The number of amides is 1. The van der Waals surface area contributed by atoms with Crippen LogP contribution in [0.2, 0.25) is 0 Å². The molecule has 2 atom stereocenters. The van der Waals surface area contributed by atoms with E-state index < -0.39 is 0 Å². The zero-order chi connectivity index (χ0) is 13.7. The molecule has 2 aliphatic rings. The first-order valence-corrected chi connectivity index (χ1v) is 6.36. The van der Waals surface area contributed by atoms with Crippen LogP contribution < -0.4 is 5.32 Å². The van der Waals surface area contributed by atoms with Crippen molar-refractivity contribution in [1.29, 1.82) is 0 Å². The number of cyclic esters (lactones) is 1. The van der Waals surface area contributed by atoms with Crippen molar-refractivity contribution in [3.8, 4) is 0 Å². The highest BCUT2D eigenvalue weighted by Crippen LogP contribution is 2.33. The van der Waals surface area contributed by atoms with Gasteiger partial charge >= 0.3 is 6.09 Å². The van der Waals surface area contributed by atoms with E-state index in [0.29, 0.717) is 0 Å². The molecule has 1 aromatic rings. The van der Waals surface area contributed by atoms with Crippen LogP contribution in [0, 0.1) is 5.82 Å². The number of carbonyl (C=O) groups excluding carboxylic acids is 1. The second kappa shape index (κ2) is 6.02. The number of hydrogen-bond acceptors (Lipinski definition) is 3. The van der Waals surface area contributed by atoms with Crippen LogP contribution in [0.4, 0.5) is 9.18 Å². The minimum Gasteiger partial charge on any atom is -0.446 e. The lowest BCUT2D eigenvalue weighted by Crippen LogP contribution is -2.39. The van der Waals surface area contributed by atoms with Crippen molar-refractivity contribution in [3.63, 3.8) is 0 Å². The van der Waals surface area contributed by atoms with Gasteiger partial charge < -0.3 is 14.8 Å². The predicted molar refractivity (Wildman–Crippen MR) is 68.3 cm³/mol. The molecular formula is C14H18FNO3. The third-order valence-electron chi connectivity index (χ3n) is 3.04. The SMILES string of the molecule is CC1(CC2CCNC(=O)O2)CO1.Fc1ccccc1. The summed E-state index contributed by atoms with van der Waals surface area (Å²) in [6.45, 7) is 3.57. The number of rotatable bonds is 2. The first-order chi connectivity index (χ1) is 9.07. The van der Waals surface area contributed by atoms with E-state index in [1.165, 1.54) is 12.1 Å². The Hall–Kier alpha value is -1.62. The average Bonchev–Trinajstić information content (AvgIpc) is 3.08. The van der Waals surface area contributed by atoms with Gasteiger partial charge in [0, 0.05) is 19.4 Å². The summed E-state index contributed by atoms with van der Waals surface area (Å²) in [6, 6.07) is 7.94. The summed E-state index contributed by atoms with van der Waals surface area (Å²) in [5.74, 6) is -0.178. The van der Waals surface area contributed by atoms with Gasteiger partial charge in [-0.2, -0.15) is 0 Å². The minimum atomic E-state index is -0.296. The monoisotopic (exact) mass is 267 g/mol. The Morgan fingerprint density at radius 3 is 2.58 bits per heavy atom. The molecule has 3 rings (SSSR count). The zero-order valence-corrected chi connectivity index (χ0v) is 10.9. The normalized spacial score (nSPS) is 28.5. The molecule has 1 aromatic carbocycles. The lowest BCUT2D eigenvalue weighted by atomic mass is 10.0. The van der Waals surface area contributed by atoms with Crippen LogP contribution in [-0.4, -0.2) is 30.9 Å². The molecule has 0 aliphatic carbocycles. The van der Waals surface area contributed by atoms with E-state index in [0.717, 1.165) is 26.0 Å². The van der Waals surface area contributed by atoms with Gasteiger partial charge in [-0.15, -0.1) is 0 Å². The van der Waals surface area contributed by atoms with Crippen molar-refractivity contribution in [2.45, 2.75) is 31.5 Å². The fourth-order valence-corrected chi connectivity index (χ4v) is 1.87. The standard InChI is InChI=1S/C8H13NO3.C6H5F/c1-8(5-11-8)4-6-2-3-9-7(10)12-6;7-6-4-2-1-3-5-6/h6H,2-5H2,1H3,(H,9,10);1-5H. The number of halogens is 1. The first-order valence-electron chi connectivity index (χ1n) is 6.36. The summed E-state index contributed by atoms with van der Waals surface area (Å²) in [4.78, 5) is 10.8. The Balaban J connectivity index is 0.000000163. The lowest BCUT2D eigenvalue weighted by molar-refractivity contribution is 0.0558. The van der Waals surface area contributed by atoms with E-state index in [2.05, 4.69) is 5.32 Å². The number of epoxide rings is 1. The molecule has 2 heterocycles. The summed E-state index contributed by atoms with van der Waals surface area (Å²) in [5.41, 5.74) is -0.0116. The highest BCUT2D eigenvalue weighted by molar-refractivity contribution is 5.68. The number of nitrogens with one attached hydrogen (secondary N) is 1. The Kier molecular flexibility index (Phi) is 4.37. The smallest absolute Gasteiger partial charge is 0.407 e. The molecule has 2 unspecified atom stereocenters. The molecular weight excluding hydrogens is 249 g/mol.